The molecule has 0 unspecified atom stereocenters. The van der Waals surface area contributed by atoms with Crippen molar-refractivity contribution in [2.24, 2.45) is 49.6 Å². The summed E-state index contributed by atoms with van der Waals surface area (Å²) >= 11 is 0. The van der Waals surface area contributed by atoms with Gasteiger partial charge in [-0.25, -0.2) is 49.8 Å². The lowest BCUT2D eigenvalue weighted by Crippen LogP contribution is -2.26. The molecule has 0 bridgehead atoms. The van der Waals surface area contributed by atoms with E-state index in [-0.39, 0.29) is 110 Å². The molecule has 0 radical (unpaired) electrons. The molecule has 40 heteroatoms. The number of H-pyrrole nitrogens is 3. The van der Waals surface area contributed by atoms with Gasteiger partial charge >= 0.3 is 0 Å². The SMILES string of the molecule is CC(C)(C)CCCNc1nc2cncnc2n1C(C)(C)C.CC(C)C(=O)Nc1nc2c(nc(NCCCC(C)(C)C)n2C(C)(C)C)c(=O)[nH]1.CC(C)C(=O)Nc1ncnc2c1nc(NCCCC(C)(C)C)n2C(C)(C)C.CC(C)c1ccc(OCC(=O)Nc2nc3c(nc(NCCCC(C)(C)C)n3C(C)(C)C)c(=O)[nH]2)cc1.CN(C)C=Nc1nc2c(nc(NCCCC(C)(C)C)n2C(C)(C)C)c(=O)[nH]1.NC(=O)COc1ccccc1. The first kappa shape index (κ1) is 123. The van der Waals surface area contributed by atoms with E-state index in [0.717, 1.165) is 119 Å². The molecule has 0 saturated carbocycles. The number of fused-ring (bicyclic) bond motifs is 5. The van der Waals surface area contributed by atoms with Crippen molar-refractivity contribution in [3.05, 3.63) is 110 Å². The number of nitrogens with zero attached hydrogens (tertiary/aromatic N) is 19. The highest BCUT2D eigenvalue weighted by molar-refractivity contribution is 5.98. The van der Waals surface area contributed by atoms with Crippen LogP contribution in [0.4, 0.5) is 53.4 Å². The molecular weight excluding hydrogens is 1900 g/mol. The molecule has 0 atom stereocenters. The van der Waals surface area contributed by atoms with Gasteiger partial charge in [0.2, 0.25) is 59.4 Å². The molecule has 0 saturated heterocycles. The second kappa shape index (κ2) is 52.3. The number of primary amides is 1. The lowest BCUT2D eigenvalue weighted by atomic mass is 9.91. The number of amides is 4. The minimum Gasteiger partial charge on any atom is -0.484 e. The van der Waals surface area contributed by atoms with Gasteiger partial charge in [-0.2, -0.15) is 15.0 Å². The maximum atomic E-state index is 12.8. The molecule has 150 heavy (non-hydrogen) atoms. The number of hydrogen-bond donors (Lipinski definition) is 12. The molecule has 2 aromatic carbocycles. The molecule has 12 rings (SSSR count). The van der Waals surface area contributed by atoms with Crippen LogP contribution in [0.3, 0.4) is 0 Å². The molecule has 0 fully saturated rings. The van der Waals surface area contributed by atoms with Gasteiger partial charge in [0.1, 0.15) is 29.7 Å². The number of aliphatic imine (C=N–C) groups is 1. The Labute approximate surface area is 886 Å². The van der Waals surface area contributed by atoms with Crippen molar-refractivity contribution in [1.82, 2.24) is 102 Å². The number of hydrogen-bond acceptors (Lipinski definition) is 27. The van der Waals surface area contributed by atoms with Gasteiger partial charge in [-0.3, -0.25) is 82.0 Å². The molecular formula is C110H177N31O9. The zero-order valence-electron chi connectivity index (χ0n) is 97.0. The van der Waals surface area contributed by atoms with Crippen molar-refractivity contribution in [3.63, 3.8) is 0 Å². The summed E-state index contributed by atoms with van der Waals surface area (Å²) < 4.78 is 20.6. The summed E-state index contributed by atoms with van der Waals surface area (Å²) in [4.78, 5) is 152. The van der Waals surface area contributed by atoms with E-state index >= 15 is 0 Å². The Kier molecular flexibility index (Phi) is 43.1. The van der Waals surface area contributed by atoms with Crippen LogP contribution in [0.2, 0.25) is 0 Å². The highest BCUT2D eigenvalue weighted by atomic mass is 16.5. The van der Waals surface area contributed by atoms with Crippen LogP contribution in [-0.4, -0.2) is 192 Å². The van der Waals surface area contributed by atoms with Gasteiger partial charge in [0.05, 0.1) is 12.5 Å². The van der Waals surface area contributed by atoms with E-state index < -0.39 is 22.9 Å². The normalized spacial score (nSPS) is 12.4. The summed E-state index contributed by atoms with van der Waals surface area (Å²) in [7, 11) is 3.72. The number of carbonyl (C=O) groups excluding carboxylic acids is 4. The highest BCUT2D eigenvalue weighted by Crippen LogP contribution is 2.36. The topological polar surface area (TPSA) is 503 Å². The third-order valence-corrected chi connectivity index (χ3v) is 22.8. The fourth-order valence-electron chi connectivity index (χ4n) is 15.4. The zero-order chi connectivity index (χ0) is 113. The summed E-state index contributed by atoms with van der Waals surface area (Å²) in [6.45, 7) is 80.0. The number of carbonyl (C=O) groups is 4. The number of rotatable bonds is 34. The van der Waals surface area contributed by atoms with Crippen LogP contribution in [0.5, 0.6) is 11.5 Å². The van der Waals surface area contributed by atoms with Gasteiger partial charge in [0, 0.05) is 86.3 Å². The summed E-state index contributed by atoms with van der Waals surface area (Å²) in [5.74, 6) is 4.58. The molecule has 12 aromatic rings. The van der Waals surface area contributed by atoms with Crippen molar-refractivity contribution in [2.75, 3.05) is 103 Å². The van der Waals surface area contributed by atoms with Crippen molar-refractivity contribution in [2.45, 2.75) is 347 Å². The maximum absolute atomic E-state index is 12.8. The molecule has 40 nitrogen and oxygen atoms in total. The molecule has 10 heterocycles. The Balaban J connectivity index is 0.000000249. The first-order valence-corrected chi connectivity index (χ1v) is 52.3. The van der Waals surface area contributed by atoms with Crippen molar-refractivity contribution in [1.29, 1.82) is 0 Å². The van der Waals surface area contributed by atoms with E-state index in [2.05, 4.69) is 306 Å². The quantitative estimate of drug-likeness (QED) is 0.0101. The van der Waals surface area contributed by atoms with Crippen LogP contribution in [-0.2, 0) is 46.9 Å². The fourth-order valence-corrected chi connectivity index (χ4v) is 15.4. The number of benzene rings is 2. The summed E-state index contributed by atoms with van der Waals surface area (Å²) in [5, 5.41) is 25.2. The van der Waals surface area contributed by atoms with Crippen LogP contribution in [0.15, 0.2) is 92.8 Å². The Morgan fingerprint density at radius 1 is 0.393 bits per heavy atom. The molecule has 0 aliphatic rings. The molecule has 10 aromatic heterocycles. The average Bonchev–Trinajstić information content (AvgIpc) is 1.56. The van der Waals surface area contributed by atoms with Crippen LogP contribution in [0.1, 0.15) is 325 Å². The first-order valence-electron chi connectivity index (χ1n) is 52.3. The van der Waals surface area contributed by atoms with Gasteiger partial charge < -0.3 is 52.0 Å². The number of nitrogens with two attached hydrogens (primary N) is 1. The largest absolute Gasteiger partial charge is 0.484 e. The minimum absolute atomic E-state index is 0.0564. The van der Waals surface area contributed by atoms with E-state index in [1.54, 1.807) is 49.7 Å². The summed E-state index contributed by atoms with van der Waals surface area (Å²) in [6.07, 6.45) is 17.2. The third kappa shape index (κ3) is 39.5. The Morgan fingerprint density at radius 3 is 1.11 bits per heavy atom. The smallest absolute Gasteiger partial charge is 0.280 e. The van der Waals surface area contributed by atoms with Crippen molar-refractivity contribution >= 4 is 139 Å². The van der Waals surface area contributed by atoms with Gasteiger partial charge in [-0.1, -0.05) is 176 Å². The van der Waals surface area contributed by atoms with Crippen LogP contribution in [0, 0.1) is 38.9 Å². The summed E-state index contributed by atoms with van der Waals surface area (Å²) in [5.41, 5.74) is 10.4. The van der Waals surface area contributed by atoms with Gasteiger partial charge in [-0.15, -0.1) is 0 Å². The van der Waals surface area contributed by atoms with Gasteiger partial charge in [-0.05, 0) is 231 Å². The van der Waals surface area contributed by atoms with E-state index in [4.69, 9.17) is 20.2 Å². The van der Waals surface area contributed by atoms with Gasteiger partial charge in [0.15, 0.2) is 69.3 Å². The standard InChI is InChI=1S/C27H40N6O3.C20H34N6O2.C20H34N6O.C19H33N7O.C16H27N5.C8H9NO2/c1-17(2)18-10-12-19(13-11-18)36-16-20(34)29-24-31-22-21(23(35)32-24)30-25(33(22)27(6,7)8)28-15-9-14-26(3,4)5;1-12(2)15(27)24-17-23-14-13(16(28)25-17)22-18(26(14)20(6,7)8)21-11-9-10-19(3,4)5;1-13(2)17(27)25-15-14-16(23-12-22-15)26(20(6,7)8)18(24-14)21-11-9-10-19(3,4)5;1-18(2,3)10-9-11-20-17-22-13-14(26(17)19(4,5)6)23-16(24-15(13)27)21-12-25(7)8;1-15(2,3)8-7-9-18-14-20-12-10-17-11-19-13(12)21(14)16(4,5)6;9-8(10)6-11-7-4-2-1-3-5-7/h10-13,17H,9,14-16H2,1-8H3,(H,28,30)(H2,29,31,32,34,35);12H,9-11H2,1-8H3,(H,21,22)(H2,23,24,25,27,28);12-13H,9-11H2,1-8H3,(H,21,24)(H,22,23,25,27);12H,9-11H2,1-8H3,(H,20,22)(H,23,24,27);10-11H,7-9H2,1-6H3,(H,18,20);1-5H,6H2,(H2,9,10). The molecule has 0 aliphatic heterocycles. The zero-order valence-corrected chi connectivity index (χ0v) is 97.0. The molecule has 4 amide bonds. The van der Waals surface area contributed by atoms with Crippen molar-refractivity contribution < 1.29 is 28.7 Å². The van der Waals surface area contributed by atoms with Gasteiger partial charge in [0.25, 0.3) is 28.5 Å². The number of para-hydroxylation sites is 1. The second-order valence-corrected chi connectivity index (χ2v) is 50.1. The second-order valence-electron chi connectivity index (χ2n) is 50.1. The first-order chi connectivity index (χ1) is 69.3. The maximum Gasteiger partial charge on any atom is 0.280 e. The number of imidazole rings is 5. The van der Waals surface area contributed by atoms with E-state index in [1.165, 1.54) is 18.3 Å². The monoisotopic (exact) mass is 2080 g/mol. The lowest BCUT2D eigenvalue weighted by Gasteiger charge is -2.24. The Hall–Kier alpha value is -13.5. The molecule has 0 spiro atoms. The van der Waals surface area contributed by atoms with Crippen LogP contribution >= 0.6 is 0 Å². The van der Waals surface area contributed by atoms with Crippen LogP contribution < -0.4 is 74.4 Å². The van der Waals surface area contributed by atoms with Crippen LogP contribution in [0.25, 0.3) is 55.8 Å². The predicted octanol–water partition coefficient (Wildman–Crippen LogP) is 21.1. The van der Waals surface area contributed by atoms with Crippen molar-refractivity contribution in [3.8, 4) is 11.5 Å². The predicted molar refractivity (Wildman–Crippen MR) is 611 cm³/mol. The Morgan fingerprint density at radius 2 is 0.733 bits per heavy atom. The Bertz CT molecular complexity index is 6620. The number of aromatic amines is 3. The number of ether oxygens (including phenoxy) is 2. The lowest BCUT2D eigenvalue weighted by molar-refractivity contribution is -0.120. The average molecular weight is 2080 g/mol. The van der Waals surface area contributed by atoms with E-state index in [9.17, 15) is 33.6 Å². The minimum atomic E-state index is -0.464. The van der Waals surface area contributed by atoms with E-state index in [1.807, 2.05) is 126 Å². The molecule has 13 N–H and O–H groups in total. The number of aromatic nitrogens is 20. The highest BCUT2D eigenvalue weighted by Gasteiger charge is 2.32. The third-order valence-electron chi connectivity index (χ3n) is 22.8. The number of anilines is 8. The molecule has 0 aliphatic carbocycles. The van der Waals surface area contributed by atoms with E-state index in [0.29, 0.717) is 85.3 Å². The molecule has 826 valence electrons. The summed E-state index contributed by atoms with van der Waals surface area (Å²) in [6, 6.07) is 16.7. The fraction of sp³-hybridized carbons (Fsp3) is 0.618. The number of nitrogens with one attached hydrogen (secondary N) is 11.